The Morgan fingerprint density at radius 1 is 1.42 bits per heavy atom. The molecule has 0 aromatic carbocycles. The fourth-order valence-corrected chi connectivity index (χ4v) is 2.67. The Hall–Kier alpha value is -0.410. The topological polar surface area (TPSA) is 38.9 Å². The maximum Gasteiger partial charge on any atom is 0.110 e. The van der Waals surface area contributed by atoms with Gasteiger partial charge in [-0.2, -0.15) is 0 Å². The second kappa shape index (κ2) is 3.15. The summed E-state index contributed by atoms with van der Waals surface area (Å²) in [5.41, 5.74) is 7.09. The Morgan fingerprint density at radius 2 is 2.17 bits per heavy atom. The number of aryl methyl sites for hydroxylation is 2. The van der Waals surface area contributed by atoms with Crippen molar-refractivity contribution in [2.45, 2.75) is 38.6 Å². The molecule has 3 heteroatoms. The van der Waals surface area contributed by atoms with E-state index in [0.29, 0.717) is 0 Å². The van der Waals surface area contributed by atoms with Crippen molar-refractivity contribution in [1.29, 1.82) is 0 Å². The quantitative estimate of drug-likeness (QED) is 0.722. The third-order valence-electron chi connectivity index (χ3n) is 2.25. The Morgan fingerprint density at radius 3 is 2.83 bits per heavy atom. The van der Waals surface area contributed by atoms with Crippen molar-refractivity contribution in [2.75, 3.05) is 0 Å². The summed E-state index contributed by atoms with van der Waals surface area (Å²) in [6.07, 6.45) is 5.01. The van der Waals surface area contributed by atoms with E-state index in [1.165, 1.54) is 36.3 Å². The Balaban J connectivity index is 2.32. The lowest BCUT2D eigenvalue weighted by Gasteiger charge is -2.06. The van der Waals surface area contributed by atoms with Crippen molar-refractivity contribution in [3.63, 3.8) is 0 Å². The zero-order valence-electron chi connectivity index (χ0n) is 7.34. The summed E-state index contributed by atoms with van der Waals surface area (Å²) >= 11 is 1.81. The summed E-state index contributed by atoms with van der Waals surface area (Å²) in [5, 5.41) is 1.11. The van der Waals surface area contributed by atoms with Gasteiger partial charge in [-0.25, -0.2) is 4.98 Å². The maximum absolute atomic E-state index is 5.77. The second-order valence-corrected chi connectivity index (χ2v) is 4.53. The highest BCUT2D eigenvalue weighted by molar-refractivity contribution is 7.11. The Kier molecular flexibility index (Phi) is 2.15. The lowest BCUT2D eigenvalue weighted by Crippen LogP contribution is -2.04. The monoisotopic (exact) mass is 182 g/mol. The van der Waals surface area contributed by atoms with Gasteiger partial charge in [0, 0.05) is 4.88 Å². The minimum absolute atomic E-state index is 0.112. The highest BCUT2D eigenvalue weighted by Crippen LogP contribution is 2.28. The van der Waals surface area contributed by atoms with Crippen LogP contribution in [0.3, 0.4) is 0 Å². The first-order valence-corrected chi connectivity index (χ1v) is 5.33. The number of aromatic nitrogens is 1. The largest absolute Gasteiger partial charge is 0.322 e. The van der Waals surface area contributed by atoms with E-state index in [4.69, 9.17) is 5.73 Å². The maximum atomic E-state index is 5.77. The molecule has 1 aromatic heterocycles. The molecule has 0 bridgehead atoms. The second-order valence-electron chi connectivity index (χ2n) is 3.42. The fourth-order valence-electron chi connectivity index (χ4n) is 1.57. The fraction of sp³-hybridized carbons (Fsp3) is 0.667. The molecule has 2 N–H and O–H groups in total. The number of rotatable bonds is 1. The van der Waals surface area contributed by atoms with Crippen molar-refractivity contribution in [1.82, 2.24) is 4.98 Å². The molecular weight excluding hydrogens is 168 g/mol. The first kappa shape index (κ1) is 8.20. The third-order valence-corrected chi connectivity index (χ3v) is 3.61. The average molecular weight is 182 g/mol. The highest BCUT2D eigenvalue weighted by atomic mass is 32.1. The van der Waals surface area contributed by atoms with Gasteiger partial charge in [0.1, 0.15) is 5.01 Å². The van der Waals surface area contributed by atoms with Crippen LogP contribution in [-0.4, -0.2) is 4.98 Å². The number of hydrogen-bond acceptors (Lipinski definition) is 3. The number of nitrogens with zero attached hydrogens (tertiary/aromatic N) is 1. The molecule has 1 aliphatic carbocycles. The van der Waals surface area contributed by atoms with Crippen LogP contribution in [0.15, 0.2) is 0 Å². The third kappa shape index (κ3) is 1.39. The summed E-state index contributed by atoms with van der Waals surface area (Å²) in [6.45, 7) is 2.00. The first-order chi connectivity index (χ1) is 5.77. The van der Waals surface area contributed by atoms with Gasteiger partial charge in [-0.1, -0.05) is 0 Å². The van der Waals surface area contributed by atoms with E-state index < -0.39 is 0 Å². The van der Waals surface area contributed by atoms with Crippen molar-refractivity contribution in [3.8, 4) is 0 Å². The summed E-state index contributed by atoms with van der Waals surface area (Å²) in [6, 6.07) is 0.112. The van der Waals surface area contributed by atoms with Crippen molar-refractivity contribution in [2.24, 2.45) is 5.73 Å². The molecule has 0 saturated carbocycles. The van der Waals surface area contributed by atoms with Crippen molar-refractivity contribution >= 4 is 11.3 Å². The van der Waals surface area contributed by atoms with Gasteiger partial charge >= 0.3 is 0 Å². The molecule has 2 nitrogen and oxygen atoms in total. The Bertz CT molecular complexity index is 255. The van der Waals surface area contributed by atoms with E-state index in [0.717, 1.165) is 5.01 Å². The Labute approximate surface area is 76.8 Å². The molecule has 1 aromatic rings. The molecule has 0 fully saturated rings. The van der Waals surface area contributed by atoms with Crippen molar-refractivity contribution in [3.05, 3.63) is 15.6 Å². The normalized spacial score (nSPS) is 18.8. The van der Waals surface area contributed by atoms with Gasteiger partial charge in [-0.15, -0.1) is 11.3 Å². The molecule has 1 atom stereocenters. The predicted molar refractivity (Wildman–Crippen MR) is 51.4 cm³/mol. The SMILES string of the molecule is CC(N)c1nc2c(s1)CCCC2. The van der Waals surface area contributed by atoms with E-state index in [-0.39, 0.29) is 6.04 Å². The van der Waals surface area contributed by atoms with Crippen LogP contribution < -0.4 is 5.73 Å². The molecule has 0 spiro atoms. The summed E-state index contributed by atoms with van der Waals surface area (Å²) in [4.78, 5) is 6.02. The highest BCUT2D eigenvalue weighted by Gasteiger charge is 2.16. The summed E-state index contributed by atoms with van der Waals surface area (Å²) in [5.74, 6) is 0. The minimum atomic E-state index is 0.112. The van der Waals surface area contributed by atoms with E-state index in [9.17, 15) is 0 Å². The van der Waals surface area contributed by atoms with Crippen LogP contribution in [0.1, 0.15) is 41.4 Å². The number of fused-ring (bicyclic) bond motifs is 1. The molecule has 1 unspecified atom stereocenters. The molecule has 1 aliphatic rings. The van der Waals surface area contributed by atoms with Gasteiger partial charge in [0.05, 0.1) is 11.7 Å². The number of nitrogens with two attached hydrogens (primary N) is 1. The van der Waals surface area contributed by atoms with Crippen LogP contribution in [0.2, 0.25) is 0 Å². The number of thiazole rings is 1. The van der Waals surface area contributed by atoms with E-state index >= 15 is 0 Å². The van der Waals surface area contributed by atoms with Gasteiger partial charge in [-0.05, 0) is 32.6 Å². The molecule has 0 radical (unpaired) electrons. The van der Waals surface area contributed by atoms with Crippen LogP contribution >= 0.6 is 11.3 Å². The molecular formula is C9H14N2S. The smallest absolute Gasteiger partial charge is 0.110 e. The molecule has 66 valence electrons. The van der Waals surface area contributed by atoms with Gasteiger partial charge < -0.3 is 5.73 Å². The van der Waals surface area contributed by atoms with E-state index in [1.54, 1.807) is 0 Å². The minimum Gasteiger partial charge on any atom is -0.322 e. The van der Waals surface area contributed by atoms with Crippen LogP contribution in [0, 0.1) is 0 Å². The molecule has 0 amide bonds. The predicted octanol–water partition coefficient (Wildman–Crippen LogP) is 2.04. The summed E-state index contributed by atoms with van der Waals surface area (Å²) in [7, 11) is 0. The zero-order valence-corrected chi connectivity index (χ0v) is 8.16. The molecule has 2 rings (SSSR count). The lowest BCUT2D eigenvalue weighted by atomic mass is 10.0. The molecule has 0 saturated heterocycles. The standard InChI is InChI=1S/C9H14N2S/c1-6(10)9-11-7-4-2-3-5-8(7)12-9/h6H,2-5,10H2,1H3. The number of hydrogen-bond donors (Lipinski definition) is 1. The molecule has 1 heterocycles. The van der Waals surface area contributed by atoms with Crippen LogP contribution in [0.4, 0.5) is 0 Å². The van der Waals surface area contributed by atoms with Crippen LogP contribution in [0.5, 0.6) is 0 Å². The van der Waals surface area contributed by atoms with Crippen LogP contribution in [0.25, 0.3) is 0 Å². The van der Waals surface area contributed by atoms with E-state index in [2.05, 4.69) is 4.98 Å². The summed E-state index contributed by atoms with van der Waals surface area (Å²) < 4.78 is 0. The zero-order chi connectivity index (χ0) is 8.55. The average Bonchev–Trinajstić information content (AvgIpc) is 2.46. The van der Waals surface area contributed by atoms with E-state index in [1.807, 2.05) is 18.3 Å². The van der Waals surface area contributed by atoms with Gasteiger partial charge in [0.2, 0.25) is 0 Å². The van der Waals surface area contributed by atoms with Crippen molar-refractivity contribution < 1.29 is 0 Å². The lowest BCUT2D eigenvalue weighted by molar-refractivity contribution is 0.677. The van der Waals surface area contributed by atoms with Gasteiger partial charge in [0.25, 0.3) is 0 Å². The first-order valence-electron chi connectivity index (χ1n) is 4.51. The van der Waals surface area contributed by atoms with Crippen LogP contribution in [-0.2, 0) is 12.8 Å². The molecule has 0 aliphatic heterocycles. The van der Waals surface area contributed by atoms with Gasteiger partial charge in [0.15, 0.2) is 0 Å². The molecule has 12 heavy (non-hydrogen) atoms. The van der Waals surface area contributed by atoms with Gasteiger partial charge in [-0.3, -0.25) is 0 Å².